The molecule has 0 aliphatic heterocycles. The zero-order chi connectivity index (χ0) is 15.4. The van der Waals surface area contributed by atoms with Gasteiger partial charge in [0.1, 0.15) is 0 Å². The van der Waals surface area contributed by atoms with E-state index in [0.717, 1.165) is 22.3 Å². The van der Waals surface area contributed by atoms with Gasteiger partial charge in [-0.15, -0.1) is 0 Å². The summed E-state index contributed by atoms with van der Waals surface area (Å²) in [6, 6.07) is 17.0. The van der Waals surface area contributed by atoms with Crippen LogP contribution < -0.4 is 4.90 Å². The van der Waals surface area contributed by atoms with Crippen LogP contribution in [0.4, 0.5) is 5.69 Å². The van der Waals surface area contributed by atoms with Gasteiger partial charge in [-0.1, -0.05) is 52.3 Å². The van der Waals surface area contributed by atoms with Crippen LogP contribution in [0.3, 0.4) is 0 Å². The first-order chi connectivity index (χ1) is 9.99. The van der Waals surface area contributed by atoms with E-state index in [2.05, 4.69) is 71.1 Å². The lowest BCUT2D eigenvalue weighted by atomic mass is 10.1. The van der Waals surface area contributed by atoms with Crippen LogP contribution in [0.1, 0.15) is 38.0 Å². The first kappa shape index (κ1) is 16.1. The molecule has 0 aliphatic carbocycles. The number of rotatable bonds is 5. The Morgan fingerprint density at radius 2 is 1.71 bits per heavy atom. The van der Waals surface area contributed by atoms with Gasteiger partial charge < -0.3 is 10.0 Å². The quantitative estimate of drug-likeness (QED) is 0.829. The number of nitrogens with zero attached hydrogens (tertiary/aromatic N) is 1. The fourth-order valence-electron chi connectivity index (χ4n) is 2.39. The minimum Gasteiger partial charge on any atom is -0.389 e. The Labute approximate surface area is 135 Å². The van der Waals surface area contributed by atoms with E-state index in [4.69, 9.17) is 0 Å². The maximum absolute atomic E-state index is 9.73. The highest BCUT2D eigenvalue weighted by atomic mass is 79.9. The molecule has 0 heterocycles. The van der Waals surface area contributed by atoms with Gasteiger partial charge in [-0.3, -0.25) is 0 Å². The van der Waals surface area contributed by atoms with E-state index in [0.29, 0.717) is 6.04 Å². The maximum Gasteiger partial charge on any atom is 0.0772 e. The van der Waals surface area contributed by atoms with E-state index in [-0.39, 0.29) is 0 Å². The molecule has 0 amide bonds. The molecule has 0 fully saturated rings. The Morgan fingerprint density at radius 3 is 2.24 bits per heavy atom. The zero-order valence-corrected chi connectivity index (χ0v) is 14.3. The van der Waals surface area contributed by atoms with Crippen molar-refractivity contribution in [3.8, 4) is 0 Å². The van der Waals surface area contributed by atoms with Crippen LogP contribution >= 0.6 is 15.9 Å². The zero-order valence-electron chi connectivity index (χ0n) is 12.8. The predicted octanol–water partition coefficient (Wildman–Crippen LogP) is 4.92. The maximum atomic E-state index is 9.73. The average molecular weight is 348 g/mol. The van der Waals surface area contributed by atoms with Crippen molar-refractivity contribution in [3.05, 3.63) is 64.1 Å². The molecular formula is C18H22BrNO. The minimum absolute atomic E-state index is 0.398. The van der Waals surface area contributed by atoms with Gasteiger partial charge in [0.15, 0.2) is 0 Å². The normalized spacial score (nSPS) is 12.5. The highest BCUT2D eigenvalue weighted by molar-refractivity contribution is 9.10. The van der Waals surface area contributed by atoms with Gasteiger partial charge >= 0.3 is 0 Å². The van der Waals surface area contributed by atoms with Crippen LogP contribution in [0.5, 0.6) is 0 Å². The molecule has 3 heteroatoms. The second-order valence-corrected chi connectivity index (χ2v) is 6.44. The van der Waals surface area contributed by atoms with E-state index in [1.54, 1.807) is 6.92 Å². The Bertz CT molecular complexity index is 581. The Kier molecular flexibility index (Phi) is 5.43. The smallest absolute Gasteiger partial charge is 0.0772 e. The lowest BCUT2D eigenvalue weighted by Crippen LogP contribution is -2.30. The SMILES string of the molecule is CC(C)N(Cc1ccccc1)c1ccc([C@H](C)O)c(Br)c1. The molecule has 2 rings (SSSR count). The Hall–Kier alpha value is -1.32. The topological polar surface area (TPSA) is 23.5 Å². The van der Waals surface area contributed by atoms with E-state index >= 15 is 0 Å². The summed E-state index contributed by atoms with van der Waals surface area (Å²) in [7, 11) is 0. The summed E-state index contributed by atoms with van der Waals surface area (Å²) < 4.78 is 0.953. The number of hydrogen-bond acceptors (Lipinski definition) is 2. The highest BCUT2D eigenvalue weighted by Gasteiger charge is 2.14. The van der Waals surface area contributed by atoms with E-state index in [1.807, 2.05) is 12.1 Å². The van der Waals surface area contributed by atoms with Gasteiger partial charge in [-0.05, 0) is 44.0 Å². The third-order valence-electron chi connectivity index (χ3n) is 3.58. The first-order valence-corrected chi connectivity index (χ1v) is 8.06. The van der Waals surface area contributed by atoms with Gasteiger partial charge in [-0.25, -0.2) is 0 Å². The Balaban J connectivity index is 2.28. The lowest BCUT2D eigenvalue weighted by molar-refractivity contribution is 0.198. The summed E-state index contributed by atoms with van der Waals surface area (Å²) in [6.07, 6.45) is -0.463. The highest BCUT2D eigenvalue weighted by Crippen LogP contribution is 2.30. The fourth-order valence-corrected chi connectivity index (χ4v) is 3.08. The molecular weight excluding hydrogens is 326 g/mol. The van der Waals surface area contributed by atoms with Crippen molar-refractivity contribution in [1.29, 1.82) is 0 Å². The van der Waals surface area contributed by atoms with Crippen LogP contribution in [-0.2, 0) is 6.54 Å². The standard InChI is InChI=1S/C18H22BrNO/c1-13(2)20(12-15-7-5-4-6-8-15)16-9-10-17(14(3)21)18(19)11-16/h4-11,13-14,21H,12H2,1-3H3/t14-/m0/s1. The summed E-state index contributed by atoms with van der Waals surface area (Å²) in [6.45, 7) is 7.04. The van der Waals surface area contributed by atoms with Gasteiger partial charge in [0.05, 0.1) is 6.10 Å². The predicted molar refractivity (Wildman–Crippen MR) is 92.5 cm³/mol. The van der Waals surface area contributed by atoms with Crippen LogP contribution in [0, 0.1) is 0 Å². The molecule has 0 aliphatic rings. The molecule has 0 saturated heterocycles. The van der Waals surface area contributed by atoms with E-state index in [9.17, 15) is 5.11 Å². The first-order valence-electron chi connectivity index (χ1n) is 7.27. The summed E-state index contributed by atoms with van der Waals surface area (Å²) in [5.41, 5.74) is 3.37. The van der Waals surface area contributed by atoms with E-state index in [1.165, 1.54) is 5.56 Å². The molecule has 112 valence electrons. The molecule has 0 radical (unpaired) electrons. The third-order valence-corrected chi connectivity index (χ3v) is 4.27. The van der Waals surface area contributed by atoms with Crippen LogP contribution in [0.25, 0.3) is 0 Å². The van der Waals surface area contributed by atoms with Crippen molar-refractivity contribution in [1.82, 2.24) is 0 Å². The third kappa shape index (κ3) is 4.08. The largest absolute Gasteiger partial charge is 0.389 e. The van der Waals surface area contributed by atoms with Crippen molar-refractivity contribution >= 4 is 21.6 Å². The molecule has 0 bridgehead atoms. The van der Waals surface area contributed by atoms with Gasteiger partial charge in [0.25, 0.3) is 0 Å². The summed E-state index contributed by atoms with van der Waals surface area (Å²) in [5, 5.41) is 9.73. The van der Waals surface area contributed by atoms with E-state index < -0.39 is 6.10 Å². The van der Waals surface area contributed by atoms with Gasteiger partial charge in [-0.2, -0.15) is 0 Å². The molecule has 0 saturated carbocycles. The number of anilines is 1. The monoisotopic (exact) mass is 347 g/mol. The second kappa shape index (κ2) is 7.10. The number of aliphatic hydroxyl groups is 1. The second-order valence-electron chi connectivity index (χ2n) is 5.59. The van der Waals surface area contributed by atoms with Crippen molar-refractivity contribution in [2.45, 2.75) is 39.5 Å². The molecule has 1 N–H and O–H groups in total. The van der Waals surface area contributed by atoms with Crippen LogP contribution in [0.15, 0.2) is 53.0 Å². The Morgan fingerprint density at radius 1 is 1.05 bits per heavy atom. The summed E-state index contributed by atoms with van der Waals surface area (Å²) in [4.78, 5) is 2.35. The molecule has 0 aromatic heterocycles. The van der Waals surface area contributed by atoms with Gasteiger partial charge in [0.2, 0.25) is 0 Å². The summed E-state index contributed by atoms with van der Waals surface area (Å²) in [5.74, 6) is 0. The molecule has 0 spiro atoms. The fraction of sp³-hybridized carbons (Fsp3) is 0.333. The summed E-state index contributed by atoms with van der Waals surface area (Å²) >= 11 is 3.56. The van der Waals surface area contributed by atoms with Crippen molar-refractivity contribution < 1.29 is 5.11 Å². The molecule has 21 heavy (non-hydrogen) atoms. The lowest BCUT2D eigenvalue weighted by Gasteiger charge is -2.30. The molecule has 2 aromatic rings. The number of aliphatic hydroxyl groups excluding tert-OH is 1. The minimum atomic E-state index is -0.463. The molecule has 2 nitrogen and oxygen atoms in total. The molecule has 1 atom stereocenters. The molecule has 0 unspecified atom stereocenters. The van der Waals surface area contributed by atoms with Gasteiger partial charge in [0, 0.05) is 22.7 Å². The van der Waals surface area contributed by atoms with Crippen LogP contribution in [0.2, 0.25) is 0 Å². The van der Waals surface area contributed by atoms with Crippen molar-refractivity contribution in [2.75, 3.05) is 4.90 Å². The number of hydrogen-bond donors (Lipinski definition) is 1. The van der Waals surface area contributed by atoms with Crippen molar-refractivity contribution in [3.63, 3.8) is 0 Å². The van der Waals surface area contributed by atoms with Crippen LogP contribution in [-0.4, -0.2) is 11.1 Å². The average Bonchev–Trinajstić information content (AvgIpc) is 2.45. The molecule has 2 aromatic carbocycles. The number of benzene rings is 2. The number of halogens is 1. The van der Waals surface area contributed by atoms with Crippen molar-refractivity contribution in [2.24, 2.45) is 0 Å².